The summed E-state index contributed by atoms with van der Waals surface area (Å²) < 4.78 is 5.52. The molecule has 0 saturated carbocycles. The predicted molar refractivity (Wildman–Crippen MR) is 124 cm³/mol. The lowest BCUT2D eigenvalue weighted by molar-refractivity contribution is 0.0162. The Morgan fingerprint density at radius 2 is 1.80 bits per heavy atom. The van der Waals surface area contributed by atoms with E-state index in [0.29, 0.717) is 6.54 Å². The van der Waals surface area contributed by atoms with Crippen molar-refractivity contribution < 1.29 is 9.53 Å². The van der Waals surface area contributed by atoms with E-state index in [1.54, 1.807) is 23.1 Å². The van der Waals surface area contributed by atoms with Gasteiger partial charge in [-0.15, -0.1) is 23.1 Å². The van der Waals surface area contributed by atoms with Gasteiger partial charge in [-0.2, -0.15) is 0 Å². The normalized spacial score (nSPS) is 15.6. The molecule has 0 spiro atoms. The van der Waals surface area contributed by atoms with Gasteiger partial charge < -0.3 is 10.1 Å². The van der Waals surface area contributed by atoms with Crippen LogP contribution in [0.15, 0.2) is 77.0 Å². The van der Waals surface area contributed by atoms with E-state index >= 15 is 0 Å². The van der Waals surface area contributed by atoms with Gasteiger partial charge in [-0.05, 0) is 29.1 Å². The summed E-state index contributed by atoms with van der Waals surface area (Å²) in [4.78, 5) is 17.8. The Balaban J connectivity index is 1.44. The minimum Gasteiger partial charge on any atom is -0.379 e. The summed E-state index contributed by atoms with van der Waals surface area (Å²) in [5.74, 6) is 0.862. The van der Waals surface area contributed by atoms with Crippen molar-refractivity contribution in [3.8, 4) is 0 Å². The SMILES string of the molecule is O=C(NCC(c1ccccc1)N1CCOCC1)c1ccccc1SCc1cccs1. The third-order valence-electron chi connectivity index (χ3n) is 5.21. The number of ether oxygens (including phenoxy) is 1. The maximum absolute atomic E-state index is 13.1. The molecule has 4 rings (SSSR count). The van der Waals surface area contributed by atoms with E-state index in [-0.39, 0.29) is 11.9 Å². The first-order valence-corrected chi connectivity index (χ1v) is 12.1. The van der Waals surface area contributed by atoms with Crippen LogP contribution in [0.1, 0.15) is 26.8 Å². The number of morpholine rings is 1. The number of rotatable bonds is 8. The maximum atomic E-state index is 13.1. The summed E-state index contributed by atoms with van der Waals surface area (Å²) in [6, 6.07) is 22.6. The fraction of sp³-hybridized carbons (Fsp3) is 0.292. The lowest BCUT2D eigenvalue weighted by Crippen LogP contribution is -2.43. The summed E-state index contributed by atoms with van der Waals surface area (Å²) in [7, 11) is 0. The molecule has 0 aliphatic carbocycles. The van der Waals surface area contributed by atoms with Crippen LogP contribution in [0.4, 0.5) is 0 Å². The quantitative estimate of drug-likeness (QED) is 0.511. The monoisotopic (exact) mass is 438 g/mol. The highest BCUT2D eigenvalue weighted by atomic mass is 32.2. The minimum absolute atomic E-state index is 0.0153. The van der Waals surface area contributed by atoms with Crippen LogP contribution in [-0.4, -0.2) is 43.7 Å². The Bertz CT molecular complexity index is 925. The number of carbonyl (C=O) groups excluding carboxylic acids is 1. The van der Waals surface area contributed by atoms with Gasteiger partial charge in [-0.1, -0.05) is 48.5 Å². The third kappa shape index (κ3) is 5.52. The van der Waals surface area contributed by atoms with E-state index in [1.807, 2.05) is 30.3 Å². The van der Waals surface area contributed by atoms with Crippen molar-refractivity contribution >= 4 is 29.0 Å². The molecular formula is C24H26N2O2S2. The highest BCUT2D eigenvalue weighted by Crippen LogP contribution is 2.28. The molecule has 0 radical (unpaired) electrons. The van der Waals surface area contributed by atoms with Crippen molar-refractivity contribution in [3.05, 3.63) is 88.1 Å². The zero-order chi connectivity index (χ0) is 20.6. The highest BCUT2D eigenvalue weighted by Gasteiger charge is 2.23. The first-order valence-electron chi connectivity index (χ1n) is 10.2. The van der Waals surface area contributed by atoms with Crippen LogP contribution in [-0.2, 0) is 10.5 Å². The number of nitrogens with one attached hydrogen (secondary N) is 1. The molecule has 3 aromatic rings. The molecule has 2 aromatic carbocycles. The van der Waals surface area contributed by atoms with Crippen molar-refractivity contribution in [3.63, 3.8) is 0 Å². The fourth-order valence-corrected chi connectivity index (χ4v) is 5.45. The van der Waals surface area contributed by atoms with Gasteiger partial charge in [0, 0.05) is 35.2 Å². The van der Waals surface area contributed by atoms with Crippen LogP contribution in [0.3, 0.4) is 0 Å². The van der Waals surface area contributed by atoms with Crippen LogP contribution in [0, 0.1) is 0 Å². The molecule has 30 heavy (non-hydrogen) atoms. The van der Waals surface area contributed by atoms with Crippen LogP contribution in [0.5, 0.6) is 0 Å². The van der Waals surface area contributed by atoms with Crippen LogP contribution < -0.4 is 5.32 Å². The topological polar surface area (TPSA) is 41.6 Å². The molecule has 4 nitrogen and oxygen atoms in total. The Labute approximate surface area is 186 Å². The zero-order valence-electron chi connectivity index (χ0n) is 16.8. The Hall–Kier alpha value is -2.12. The van der Waals surface area contributed by atoms with Gasteiger partial charge in [-0.3, -0.25) is 9.69 Å². The number of thiophene rings is 1. The van der Waals surface area contributed by atoms with Crippen molar-refractivity contribution in [1.82, 2.24) is 10.2 Å². The molecule has 6 heteroatoms. The molecule has 1 atom stereocenters. The van der Waals surface area contributed by atoms with E-state index in [1.165, 1.54) is 10.4 Å². The van der Waals surface area contributed by atoms with Crippen molar-refractivity contribution in [2.45, 2.75) is 16.7 Å². The first kappa shape index (κ1) is 21.1. The average molecular weight is 439 g/mol. The molecule has 1 amide bonds. The summed E-state index contributed by atoms with van der Waals surface area (Å²) >= 11 is 3.46. The number of nitrogens with zero attached hydrogens (tertiary/aromatic N) is 1. The summed E-state index contributed by atoms with van der Waals surface area (Å²) in [5.41, 5.74) is 1.97. The van der Waals surface area contributed by atoms with E-state index in [4.69, 9.17) is 4.74 Å². The van der Waals surface area contributed by atoms with E-state index in [0.717, 1.165) is 42.5 Å². The summed E-state index contributed by atoms with van der Waals surface area (Å²) in [6.07, 6.45) is 0. The maximum Gasteiger partial charge on any atom is 0.252 e. The van der Waals surface area contributed by atoms with Crippen molar-refractivity contribution in [2.24, 2.45) is 0 Å². The Kier molecular flexibility index (Phi) is 7.59. The van der Waals surface area contributed by atoms with Crippen LogP contribution >= 0.6 is 23.1 Å². The molecule has 1 fully saturated rings. The van der Waals surface area contributed by atoms with Gasteiger partial charge in [0.2, 0.25) is 0 Å². The minimum atomic E-state index is -0.0153. The first-order chi connectivity index (χ1) is 14.8. The lowest BCUT2D eigenvalue weighted by atomic mass is 10.0. The largest absolute Gasteiger partial charge is 0.379 e. The molecule has 1 aliphatic rings. The van der Waals surface area contributed by atoms with E-state index in [9.17, 15) is 4.79 Å². The number of carbonyl (C=O) groups is 1. The highest BCUT2D eigenvalue weighted by molar-refractivity contribution is 7.98. The number of hydrogen-bond acceptors (Lipinski definition) is 5. The lowest BCUT2D eigenvalue weighted by Gasteiger charge is -2.35. The summed E-state index contributed by atoms with van der Waals surface area (Å²) in [5, 5.41) is 5.28. The number of thioether (sulfide) groups is 1. The second kappa shape index (κ2) is 10.8. The molecule has 1 unspecified atom stereocenters. The van der Waals surface area contributed by atoms with Gasteiger partial charge in [0.15, 0.2) is 0 Å². The van der Waals surface area contributed by atoms with Crippen molar-refractivity contribution in [2.75, 3.05) is 32.8 Å². The Morgan fingerprint density at radius 1 is 1.03 bits per heavy atom. The molecule has 0 bridgehead atoms. The molecule has 2 heterocycles. The molecular weight excluding hydrogens is 412 g/mol. The summed E-state index contributed by atoms with van der Waals surface area (Å²) in [6.45, 7) is 3.80. The van der Waals surface area contributed by atoms with Gasteiger partial charge in [0.1, 0.15) is 0 Å². The zero-order valence-corrected chi connectivity index (χ0v) is 18.5. The molecule has 1 saturated heterocycles. The number of amides is 1. The van der Waals surface area contributed by atoms with Crippen LogP contribution in [0.25, 0.3) is 0 Å². The van der Waals surface area contributed by atoms with Crippen LogP contribution in [0.2, 0.25) is 0 Å². The Morgan fingerprint density at radius 3 is 2.57 bits per heavy atom. The van der Waals surface area contributed by atoms with E-state index < -0.39 is 0 Å². The third-order valence-corrected chi connectivity index (χ3v) is 7.39. The van der Waals surface area contributed by atoms with Gasteiger partial charge in [-0.25, -0.2) is 0 Å². The van der Waals surface area contributed by atoms with Gasteiger partial charge in [0.05, 0.1) is 24.8 Å². The molecule has 156 valence electrons. The number of benzene rings is 2. The second-order valence-electron chi connectivity index (χ2n) is 7.15. The number of hydrogen-bond donors (Lipinski definition) is 1. The smallest absolute Gasteiger partial charge is 0.252 e. The molecule has 1 N–H and O–H groups in total. The average Bonchev–Trinajstić information content (AvgIpc) is 3.33. The predicted octanol–water partition coefficient (Wildman–Crippen LogP) is 4.84. The van der Waals surface area contributed by atoms with Gasteiger partial charge >= 0.3 is 0 Å². The van der Waals surface area contributed by atoms with Crippen molar-refractivity contribution in [1.29, 1.82) is 0 Å². The standard InChI is InChI=1S/C24H26N2O2S2/c27-24(21-10-4-5-11-23(21)30-18-20-9-6-16-29-20)25-17-22(19-7-2-1-3-8-19)26-12-14-28-15-13-26/h1-11,16,22H,12-15,17-18H2,(H,25,27). The fourth-order valence-electron chi connectivity index (χ4n) is 3.63. The van der Waals surface area contributed by atoms with E-state index in [2.05, 4.69) is 52.0 Å². The molecule has 1 aliphatic heterocycles. The second-order valence-corrected chi connectivity index (χ2v) is 9.20. The van der Waals surface area contributed by atoms with Gasteiger partial charge in [0.25, 0.3) is 5.91 Å². The molecule has 1 aromatic heterocycles.